The Kier molecular flexibility index (Phi) is 4.86. The van der Waals surface area contributed by atoms with Crippen molar-refractivity contribution in [2.45, 2.75) is 12.6 Å². The van der Waals surface area contributed by atoms with Gasteiger partial charge in [0.25, 0.3) is 5.91 Å². The van der Waals surface area contributed by atoms with E-state index in [2.05, 4.69) is 5.32 Å². The van der Waals surface area contributed by atoms with Crippen molar-refractivity contribution >= 4 is 29.0 Å². The highest BCUT2D eigenvalue weighted by atomic mass is 16.6. The second kappa shape index (κ2) is 7.63. The number of aromatic nitrogens is 1. The van der Waals surface area contributed by atoms with Gasteiger partial charge in [-0.2, -0.15) is 0 Å². The number of imide groups is 1. The van der Waals surface area contributed by atoms with Crippen LogP contribution in [-0.4, -0.2) is 40.5 Å². The summed E-state index contributed by atoms with van der Waals surface area (Å²) in [5, 5.41) is 2.79. The van der Waals surface area contributed by atoms with Crippen LogP contribution >= 0.6 is 0 Å². The summed E-state index contributed by atoms with van der Waals surface area (Å²) in [6, 6.07) is 15.1. The largest absolute Gasteiger partial charge is 0.439 e. The van der Waals surface area contributed by atoms with Gasteiger partial charge in [0.15, 0.2) is 12.2 Å². The molecule has 0 saturated carbocycles. The quantitative estimate of drug-likeness (QED) is 0.676. The molecule has 1 aromatic heterocycles. The molecular weight excluding hydrogens is 378 g/mol. The fourth-order valence-corrected chi connectivity index (χ4v) is 3.21. The fraction of sp³-hybridized carbons (Fsp3) is 0.200. The molecule has 0 aliphatic carbocycles. The lowest BCUT2D eigenvalue weighted by atomic mass is 10.1. The average molecular weight is 395 g/mol. The van der Waals surface area contributed by atoms with Crippen LogP contribution in [0.2, 0.25) is 0 Å². The van der Waals surface area contributed by atoms with Crippen molar-refractivity contribution in [2.24, 2.45) is 0 Å². The Balaban J connectivity index is 1.56. The summed E-state index contributed by atoms with van der Waals surface area (Å²) >= 11 is 0. The summed E-state index contributed by atoms with van der Waals surface area (Å²) < 4.78 is 11.1. The topological polar surface area (TPSA) is 111 Å². The number of fused-ring (bicyclic) bond motifs is 1. The van der Waals surface area contributed by atoms with E-state index < -0.39 is 29.7 Å². The van der Waals surface area contributed by atoms with E-state index in [1.165, 1.54) is 4.57 Å². The van der Waals surface area contributed by atoms with Gasteiger partial charge >= 0.3 is 11.8 Å². The molecule has 1 atom stereocenters. The van der Waals surface area contributed by atoms with Gasteiger partial charge in [-0.25, -0.2) is 14.5 Å². The van der Waals surface area contributed by atoms with Crippen molar-refractivity contribution in [3.05, 3.63) is 70.7 Å². The van der Waals surface area contributed by atoms with Crippen LogP contribution in [0.15, 0.2) is 63.8 Å². The predicted octanol–water partition coefficient (Wildman–Crippen LogP) is 1.43. The number of carbonyl (C=O) groups excluding carboxylic acids is 3. The molecule has 3 amide bonds. The first kappa shape index (κ1) is 18.5. The number of nitrogens with one attached hydrogen (secondary N) is 1. The number of hydrogen-bond acceptors (Lipinski definition) is 6. The van der Waals surface area contributed by atoms with Crippen LogP contribution < -0.4 is 11.1 Å². The highest BCUT2D eigenvalue weighted by molar-refractivity contribution is 5.97. The van der Waals surface area contributed by atoms with Crippen LogP contribution in [0.25, 0.3) is 11.1 Å². The van der Waals surface area contributed by atoms with Crippen molar-refractivity contribution < 1.29 is 23.5 Å². The van der Waals surface area contributed by atoms with Gasteiger partial charge in [0.05, 0.1) is 18.1 Å². The number of benzene rings is 2. The zero-order valence-corrected chi connectivity index (χ0v) is 15.2. The molecule has 29 heavy (non-hydrogen) atoms. The van der Waals surface area contributed by atoms with Crippen molar-refractivity contribution in [1.82, 2.24) is 14.8 Å². The maximum atomic E-state index is 12.7. The summed E-state index contributed by atoms with van der Waals surface area (Å²) in [5.74, 6) is -1.58. The molecule has 1 N–H and O–H groups in total. The van der Waals surface area contributed by atoms with E-state index in [0.29, 0.717) is 16.7 Å². The van der Waals surface area contributed by atoms with Crippen molar-refractivity contribution in [3.63, 3.8) is 0 Å². The summed E-state index contributed by atoms with van der Waals surface area (Å²) in [5.41, 5.74) is 1.59. The number of carbonyl (C=O) groups is 3. The van der Waals surface area contributed by atoms with Gasteiger partial charge in [-0.1, -0.05) is 42.5 Å². The number of para-hydroxylation sites is 2. The molecule has 2 heterocycles. The monoisotopic (exact) mass is 395 g/mol. The van der Waals surface area contributed by atoms with Crippen LogP contribution in [-0.2, 0) is 20.9 Å². The predicted molar refractivity (Wildman–Crippen MR) is 101 cm³/mol. The third-order valence-corrected chi connectivity index (χ3v) is 4.62. The van der Waals surface area contributed by atoms with Crippen LogP contribution in [0.3, 0.4) is 0 Å². The van der Waals surface area contributed by atoms with E-state index in [0.717, 1.165) is 4.90 Å². The number of amides is 3. The van der Waals surface area contributed by atoms with Crippen LogP contribution in [0.1, 0.15) is 11.6 Å². The molecule has 0 radical (unpaired) electrons. The summed E-state index contributed by atoms with van der Waals surface area (Å²) in [7, 11) is 0. The van der Waals surface area contributed by atoms with Gasteiger partial charge in [0.2, 0.25) is 5.91 Å². The van der Waals surface area contributed by atoms with Crippen molar-refractivity contribution in [3.8, 4) is 0 Å². The lowest BCUT2D eigenvalue weighted by molar-refractivity contribution is -0.127. The normalized spacial score (nSPS) is 14.8. The Morgan fingerprint density at radius 1 is 1.03 bits per heavy atom. The minimum atomic E-state index is -0.748. The van der Waals surface area contributed by atoms with E-state index in [-0.39, 0.29) is 19.7 Å². The van der Waals surface area contributed by atoms with Crippen LogP contribution in [0, 0.1) is 0 Å². The molecule has 1 aliphatic heterocycles. The van der Waals surface area contributed by atoms with Gasteiger partial charge in [0, 0.05) is 0 Å². The van der Waals surface area contributed by atoms with Crippen molar-refractivity contribution in [1.29, 1.82) is 0 Å². The number of hydrogen-bond donors (Lipinski definition) is 1. The van der Waals surface area contributed by atoms with E-state index in [4.69, 9.17) is 9.15 Å². The Labute approximate surface area is 164 Å². The average Bonchev–Trinajstić information content (AvgIpc) is 3.21. The molecule has 148 valence electrons. The molecule has 0 bridgehead atoms. The molecule has 2 aromatic carbocycles. The first-order chi connectivity index (χ1) is 14.0. The molecule has 1 fully saturated rings. The van der Waals surface area contributed by atoms with E-state index in [9.17, 15) is 19.2 Å². The Bertz CT molecular complexity index is 1120. The highest BCUT2D eigenvalue weighted by Crippen LogP contribution is 2.18. The molecule has 3 aromatic rings. The van der Waals surface area contributed by atoms with Gasteiger partial charge in [-0.15, -0.1) is 0 Å². The second-order valence-corrected chi connectivity index (χ2v) is 6.51. The molecule has 0 spiro atoms. The molecule has 4 rings (SSSR count). The number of oxazole rings is 1. The standard InChI is InChI=1S/C20H17N3O6/c24-17(11-22-15-8-4-5-9-16(15)29-20(22)27)21-14(13-6-2-1-3-7-13)10-23-18(25)12-28-19(23)26/h1-9,14H,10-12H2,(H,21,24)/t14-/m1/s1. The molecular formula is C20H17N3O6. The summed E-state index contributed by atoms with van der Waals surface area (Å²) in [4.78, 5) is 49.4. The maximum absolute atomic E-state index is 12.7. The minimum Gasteiger partial charge on any atom is -0.439 e. The van der Waals surface area contributed by atoms with E-state index in [1.54, 1.807) is 48.5 Å². The summed E-state index contributed by atoms with van der Waals surface area (Å²) in [6.07, 6.45) is -0.748. The third-order valence-electron chi connectivity index (χ3n) is 4.62. The smallest absolute Gasteiger partial charge is 0.420 e. The first-order valence-electron chi connectivity index (χ1n) is 8.93. The highest BCUT2D eigenvalue weighted by Gasteiger charge is 2.33. The number of nitrogens with zero attached hydrogens (tertiary/aromatic N) is 2. The Morgan fingerprint density at radius 2 is 1.76 bits per heavy atom. The lowest BCUT2D eigenvalue weighted by Gasteiger charge is -2.22. The van der Waals surface area contributed by atoms with E-state index >= 15 is 0 Å². The second-order valence-electron chi connectivity index (χ2n) is 6.51. The third kappa shape index (κ3) is 3.75. The van der Waals surface area contributed by atoms with Gasteiger partial charge in [-0.3, -0.25) is 14.2 Å². The minimum absolute atomic E-state index is 0.0749. The van der Waals surface area contributed by atoms with Crippen LogP contribution in [0.4, 0.5) is 4.79 Å². The number of cyclic esters (lactones) is 1. The lowest BCUT2D eigenvalue weighted by Crippen LogP contribution is -2.41. The first-order valence-corrected chi connectivity index (χ1v) is 8.93. The van der Waals surface area contributed by atoms with Crippen molar-refractivity contribution in [2.75, 3.05) is 13.2 Å². The number of ether oxygens (including phenoxy) is 1. The SMILES string of the molecule is O=C(Cn1c(=O)oc2ccccc21)N[C@H](CN1C(=O)COC1=O)c1ccccc1. The fourth-order valence-electron chi connectivity index (χ4n) is 3.21. The number of rotatable bonds is 6. The van der Waals surface area contributed by atoms with Gasteiger partial charge < -0.3 is 14.5 Å². The maximum Gasteiger partial charge on any atom is 0.420 e. The molecule has 9 heteroatoms. The zero-order chi connectivity index (χ0) is 20.4. The molecule has 9 nitrogen and oxygen atoms in total. The summed E-state index contributed by atoms with van der Waals surface area (Å²) in [6.45, 7) is -0.656. The zero-order valence-electron chi connectivity index (χ0n) is 15.2. The van der Waals surface area contributed by atoms with Crippen LogP contribution in [0.5, 0.6) is 0 Å². The molecule has 1 aliphatic rings. The van der Waals surface area contributed by atoms with Gasteiger partial charge in [0.1, 0.15) is 6.54 Å². The molecule has 1 saturated heterocycles. The Morgan fingerprint density at radius 3 is 2.48 bits per heavy atom. The van der Waals surface area contributed by atoms with Gasteiger partial charge in [-0.05, 0) is 17.7 Å². The molecule has 0 unspecified atom stereocenters. The Hall–Kier alpha value is -3.88. The van der Waals surface area contributed by atoms with E-state index in [1.807, 2.05) is 6.07 Å².